The van der Waals surface area contributed by atoms with Crippen LogP contribution in [0, 0.1) is 5.92 Å². The van der Waals surface area contributed by atoms with Gasteiger partial charge in [-0.2, -0.15) is 0 Å². The van der Waals surface area contributed by atoms with E-state index >= 15 is 0 Å². The second-order valence-electron chi connectivity index (χ2n) is 6.12. The molecule has 1 saturated carbocycles. The SMILES string of the molecule is CCC[n+]1cccc(OC2CCC(C3CCCC3)O2)c1.[Br-]. The molecule has 3 rings (SSSR count). The zero-order valence-electron chi connectivity index (χ0n) is 12.8. The maximum Gasteiger partial charge on any atom is 0.211 e. The van der Waals surface area contributed by atoms with E-state index in [2.05, 4.69) is 23.9 Å². The molecule has 0 bridgehead atoms. The first-order chi connectivity index (χ1) is 9.85. The molecule has 4 heteroatoms. The molecule has 1 aliphatic carbocycles. The number of hydrogen-bond donors (Lipinski definition) is 0. The highest BCUT2D eigenvalue weighted by Crippen LogP contribution is 2.36. The summed E-state index contributed by atoms with van der Waals surface area (Å²) in [6.45, 7) is 3.22. The number of aryl methyl sites for hydroxylation is 1. The molecule has 2 unspecified atom stereocenters. The summed E-state index contributed by atoms with van der Waals surface area (Å²) in [5.74, 6) is 1.71. The number of nitrogens with zero attached hydrogens (tertiary/aromatic N) is 1. The lowest BCUT2D eigenvalue weighted by atomic mass is 9.99. The third-order valence-corrected chi connectivity index (χ3v) is 4.52. The van der Waals surface area contributed by atoms with Crippen LogP contribution in [0.3, 0.4) is 0 Å². The summed E-state index contributed by atoms with van der Waals surface area (Å²) in [5.41, 5.74) is 0. The first-order valence-corrected chi connectivity index (χ1v) is 8.16. The highest BCUT2D eigenvalue weighted by Gasteiger charge is 2.34. The lowest BCUT2D eigenvalue weighted by Gasteiger charge is -2.19. The minimum atomic E-state index is -0.0434. The van der Waals surface area contributed by atoms with E-state index in [1.807, 2.05) is 12.1 Å². The van der Waals surface area contributed by atoms with E-state index in [1.54, 1.807) is 0 Å². The highest BCUT2D eigenvalue weighted by molar-refractivity contribution is 5.13. The molecular formula is C17H26BrNO2. The van der Waals surface area contributed by atoms with E-state index in [1.165, 1.54) is 25.7 Å². The van der Waals surface area contributed by atoms with Gasteiger partial charge in [0.1, 0.15) is 6.54 Å². The fourth-order valence-electron chi connectivity index (χ4n) is 3.51. The molecule has 0 aromatic carbocycles. The number of pyridine rings is 1. The van der Waals surface area contributed by atoms with Gasteiger partial charge in [-0.15, -0.1) is 0 Å². The predicted molar refractivity (Wildman–Crippen MR) is 77.4 cm³/mol. The van der Waals surface area contributed by atoms with Crippen LogP contribution in [0.15, 0.2) is 24.5 Å². The Bertz CT molecular complexity index is 435. The van der Waals surface area contributed by atoms with Crippen molar-refractivity contribution in [1.82, 2.24) is 0 Å². The van der Waals surface area contributed by atoms with Gasteiger partial charge in [-0.25, -0.2) is 4.57 Å². The standard InChI is InChI=1S/C17H26NO2.BrH/c1-2-11-18-12-5-8-15(13-18)19-17-10-9-16(20-17)14-6-3-4-7-14;/h5,8,12-14,16-17H,2-4,6-7,9-11H2,1H3;1H/q+1;/p-1. The van der Waals surface area contributed by atoms with Crippen molar-refractivity contribution in [3.8, 4) is 5.75 Å². The van der Waals surface area contributed by atoms with Crippen LogP contribution >= 0.6 is 0 Å². The predicted octanol–water partition coefficient (Wildman–Crippen LogP) is 0.462. The first kappa shape index (κ1) is 16.8. The summed E-state index contributed by atoms with van der Waals surface area (Å²) in [5, 5.41) is 0. The summed E-state index contributed by atoms with van der Waals surface area (Å²) in [4.78, 5) is 0. The molecule has 1 saturated heterocycles. The van der Waals surface area contributed by atoms with E-state index in [0.717, 1.165) is 37.5 Å². The van der Waals surface area contributed by atoms with Crippen LogP contribution in [0.25, 0.3) is 0 Å². The van der Waals surface area contributed by atoms with Gasteiger partial charge in [0.25, 0.3) is 0 Å². The molecule has 0 N–H and O–H groups in total. The van der Waals surface area contributed by atoms with Crippen LogP contribution < -0.4 is 26.3 Å². The van der Waals surface area contributed by atoms with E-state index in [4.69, 9.17) is 9.47 Å². The van der Waals surface area contributed by atoms with E-state index in [9.17, 15) is 0 Å². The molecule has 1 aromatic heterocycles. The van der Waals surface area contributed by atoms with Gasteiger partial charge in [-0.3, -0.25) is 0 Å². The topological polar surface area (TPSA) is 22.3 Å². The Kier molecular flexibility index (Phi) is 6.49. The molecule has 118 valence electrons. The molecule has 1 aromatic rings. The molecule has 21 heavy (non-hydrogen) atoms. The quantitative estimate of drug-likeness (QED) is 0.716. The lowest BCUT2D eigenvalue weighted by Crippen LogP contribution is -3.00. The van der Waals surface area contributed by atoms with Crippen molar-refractivity contribution in [2.75, 3.05) is 0 Å². The van der Waals surface area contributed by atoms with Crippen LogP contribution in [0.2, 0.25) is 0 Å². The molecule has 2 atom stereocenters. The monoisotopic (exact) mass is 355 g/mol. The van der Waals surface area contributed by atoms with Gasteiger partial charge in [-0.1, -0.05) is 19.8 Å². The van der Waals surface area contributed by atoms with Gasteiger partial charge >= 0.3 is 0 Å². The van der Waals surface area contributed by atoms with Crippen LogP contribution in [0.1, 0.15) is 51.9 Å². The summed E-state index contributed by atoms with van der Waals surface area (Å²) < 4.78 is 14.3. The lowest BCUT2D eigenvalue weighted by molar-refractivity contribution is -0.697. The zero-order valence-corrected chi connectivity index (χ0v) is 14.4. The van der Waals surface area contributed by atoms with Crippen molar-refractivity contribution < 1.29 is 31.0 Å². The molecule has 2 heterocycles. The highest BCUT2D eigenvalue weighted by atomic mass is 79.9. The summed E-state index contributed by atoms with van der Waals surface area (Å²) >= 11 is 0. The Morgan fingerprint density at radius 2 is 2.05 bits per heavy atom. The molecule has 2 aliphatic rings. The third kappa shape index (κ3) is 4.43. The number of halogens is 1. The average molecular weight is 356 g/mol. The number of aromatic nitrogens is 1. The molecule has 0 amide bonds. The summed E-state index contributed by atoms with van der Waals surface area (Å²) in [6, 6.07) is 4.08. The van der Waals surface area contributed by atoms with Crippen molar-refractivity contribution in [3.63, 3.8) is 0 Å². The Labute approximate surface area is 138 Å². The minimum Gasteiger partial charge on any atom is -1.00 e. The molecule has 2 fully saturated rings. The minimum absolute atomic E-state index is 0. The van der Waals surface area contributed by atoms with E-state index in [0.29, 0.717) is 6.10 Å². The molecular weight excluding hydrogens is 330 g/mol. The van der Waals surface area contributed by atoms with Gasteiger partial charge in [0.2, 0.25) is 12.5 Å². The van der Waals surface area contributed by atoms with Crippen LogP contribution in [-0.4, -0.2) is 12.4 Å². The summed E-state index contributed by atoms with van der Waals surface area (Å²) in [7, 11) is 0. The van der Waals surface area contributed by atoms with E-state index in [-0.39, 0.29) is 23.3 Å². The fourth-order valence-corrected chi connectivity index (χ4v) is 3.51. The van der Waals surface area contributed by atoms with Crippen molar-refractivity contribution in [3.05, 3.63) is 24.5 Å². The summed E-state index contributed by atoms with van der Waals surface area (Å²) in [6.07, 6.45) is 13.4. The fraction of sp³-hybridized carbons (Fsp3) is 0.706. The Morgan fingerprint density at radius 1 is 1.24 bits per heavy atom. The van der Waals surface area contributed by atoms with Gasteiger partial charge in [-0.05, 0) is 31.2 Å². The van der Waals surface area contributed by atoms with Crippen molar-refractivity contribution in [1.29, 1.82) is 0 Å². The normalized spacial score (nSPS) is 25.8. The van der Waals surface area contributed by atoms with Crippen molar-refractivity contribution in [2.24, 2.45) is 5.92 Å². The van der Waals surface area contributed by atoms with Crippen molar-refractivity contribution in [2.45, 2.75) is 70.8 Å². The van der Waals surface area contributed by atoms with Crippen LogP contribution in [0.4, 0.5) is 0 Å². The molecule has 1 aliphatic heterocycles. The average Bonchev–Trinajstić information content (AvgIpc) is 3.10. The Hall–Kier alpha value is -0.610. The maximum absolute atomic E-state index is 6.12. The van der Waals surface area contributed by atoms with Gasteiger partial charge < -0.3 is 26.5 Å². The molecule has 0 spiro atoms. The van der Waals surface area contributed by atoms with E-state index < -0.39 is 0 Å². The smallest absolute Gasteiger partial charge is 0.211 e. The van der Waals surface area contributed by atoms with Crippen LogP contribution in [0.5, 0.6) is 5.75 Å². The van der Waals surface area contributed by atoms with Crippen LogP contribution in [-0.2, 0) is 11.3 Å². The van der Waals surface area contributed by atoms with Gasteiger partial charge in [0, 0.05) is 18.9 Å². The number of rotatable bonds is 5. The molecule has 0 radical (unpaired) electrons. The maximum atomic E-state index is 6.12. The zero-order chi connectivity index (χ0) is 13.8. The molecule has 3 nitrogen and oxygen atoms in total. The number of hydrogen-bond acceptors (Lipinski definition) is 2. The number of ether oxygens (including phenoxy) is 2. The Morgan fingerprint density at radius 3 is 2.81 bits per heavy atom. The van der Waals surface area contributed by atoms with Gasteiger partial charge in [0.05, 0.1) is 6.10 Å². The second-order valence-corrected chi connectivity index (χ2v) is 6.12. The third-order valence-electron chi connectivity index (χ3n) is 4.52. The van der Waals surface area contributed by atoms with Crippen molar-refractivity contribution >= 4 is 0 Å². The second kappa shape index (κ2) is 8.14. The first-order valence-electron chi connectivity index (χ1n) is 8.16. The Balaban J connectivity index is 0.00000161. The largest absolute Gasteiger partial charge is 1.00 e. The van der Waals surface area contributed by atoms with Gasteiger partial charge in [0.15, 0.2) is 11.9 Å².